The number of fused-ring (bicyclic) bond motifs is 1. The molecule has 0 radical (unpaired) electrons. The summed E-state index contributed by atoms with van der Waals surface area (Å²) in [5, 5.41) is 9.04. The first-order valence-corrected chi connectivity index (χ1v) is 6.24. The highest BCUT2D eigenvalue weighted by Crippen LogP contribution is 2.35. The predicted octanol–water partition coefficient (Wildman–Crippen LogP) is 2.39. The zero-order valence-electron chi connectivity index (χ0n) is 10.3. The van der Waals surface area contributed by atoms with Crippen LogP contribution in [0, 0.1) is 6.92 Å². The van der Waals surface area contributed by atoms with Crippen molar-refractivity contribution in [2.45, 2.75) is 38.5 Å². The van der Waals surface area contributed by atoms with Gasteiger partial charge in [-0.3, -0.25) is 4.40 Å². The average Bonchev–Trinajstić information content (AvgIpc) is 2.98. The predicted molar refractivity (Wildman–Crippen MR) is 65.9 cm³/mol. The molecule has 1 fully saturated rings. The fraction of sp³-hybridized carbons (Fsp3) is 0.462. The topological polar surface area (TPSA) is 67.5 Å². The normalized spacial score (nSPS) is 16.5. The lowest BCUT2D eigenvalue weighted by Crippen LogP contribution is -2.02. The van der Waals surface area contributed by atoms with Crippen LogP contribution < -0.4 is 0 Å². The second kappa shape index (κ2) is 4.08. The Morgan fingerprint density at radius 2 is 2.17 bits per heavy atom. The second-order valence-corrected chi connectivity index (χ2v) is 4.87. The third kappa shape index (κ3) is 1.66. The van der Waals surface area contributed by atoms with E-state index in [2.05, 4.69) is 9.97 Å². The number of imidazole rings is 1. The Labute approximate surface area is 104 Å². The van der Waals surface area contributed by atoms with Crippen LogP contribution in [0.25, 0.3) is 5.65 Å². The molecular weight excluding hydrogens is 230 g/mol. The van der Waals surface area contributed by atoms with Crippen molar-refractivity contribution in [2.24, 2.45) is 0 Å². The van der Waals surface area contributed by atoms with Gasteiger partial charge in [-0.25, -0.2) is 14.8 Å². The van der Waals surface area contributed by atoms with Crippen LogP contribution in [0.15, 0.2) is 12.4 Å². The molecule has 0 saturated heterocycles. The summed E-state index contributed by atoms with van der Waals surface area (Å²) in [5.41, 5.74) is 1.93. The van der Waals surface area contributed by atoms with E-state index in [1.807, 2.05) is 13.1 Å². The number of aryl methyl sites for hydroxylation is 1. The molecule has 1 aliphatic rings. The summed E-state index contributed by atoms with van der Waals surface area (Å²) in [5.74, 6) is 0.256. The molecule has 2 aromatic rings. The minimum Gasteiger partial charge on any atom is -0.476 e. The largest absolute Gasteiger partial charge is 0.476 e. The number of rotatable bonds is 2. The number of hydrogen-bond acceptors (Lipinski definition) is 3. The van der Waals surface area contributed by atoms with Crippen molar-refractivity contribution in [3.05, 3.63) is 29.5 Å². The van der Waals surface area contributed by atoms with Gasteiger partial charge in [0.05, 0.1) is 0 Å². The second-order valence-electron chi connectivity index (χ2n) is 4.87. The molecule has 0 atom stereocenters. The molecule has 2 heterocycles. The summed E-state index contributed by atoms with van der Waals surface area (Å²) in [4.78, 5) is 19.6. The van der Waals surface area contributed by atoms with Crippen LogP contribution in [0.4, 0.5) is 0 Å². The molecule has 3 rings (SSSR count). The molecule has 0 spiro atoms. The van der Waals surface area contributed by atoms with E-state index in [4.69, 9.17) is 5.11 Å². The third-order valence-electron chi connectivity index (χ3n) is 3.72. The maximum Gasteiger partial charge on any atom is 0.356 e. The van der Waals surface area contributed by atoms with E-state index in [-0.39, 0.29) is 5.69 Å². The number of nitrogens with zero attached hydrogens (tertiary/aromatic N) is 3. The highest BCUT2D eigenvalue weighted by atomic mass is 16.4. The van der Waals surface area contributed by atoms with Crippen LogP contribution in [0.5, 0.6) is 0 Å². The van der Waals surface area contributed by atoms with Crippen LogP contribution in [-0.4, -0.2) is 25.4 Å². The molecule has 18 heavy (non-hydrogen) atoms. The quantitative estimate of drug-likeness (QED) is 0.882. The Morgan fingerprint density at radius 3 is 2.83 bits per heavy atom. The Kier molecular flexibility index (Phi) is 2.54. The first-order chi connectivity index (χ1) is 8.66. The van der Waals surface area contributed by atoms with Gasteiger partial charge in [-0.1, -0.05) is 12.8 Å². The molecule has 0 unspecified atom stereocenters. The minimum absolute atomic E-state index is 0.0883. The Hall–Kier alpha value is -1.91. The van der Waals surface area contributed by atoms with Gasteiger partial charge in [0, 0.05) is 18.0 Å². The summed E-state index contributed by atoms with van der Waals surface area (Å²) in [6.07, 6.45) is 8.18. The molecule has 1 N–H and O–H groups in total. The number of aromatic carboxylic acids is 1. The zero-order chi connectivity index (χ0) is 12.7. The first-order valence-electron chi connectivity index (χ1n) is 6.24. The van der Waals surface area contributed by atoms with Crippen molar-refractivity contribution >= 4 is 11.6 Å². The van der Waals surface area contributed by atoms with Crippen molar-refractivity contribution in [1.29, 1.82) is 0 Å². The molecule has 5 nitrogen and oxygen atoms in total. The van der Waals surface area contributed by atoms with E-state index >= 15 is 0 Å². The van der Waals surface area contributed by atoms with E-state index in [0.717, 1.165) is 29.9 Å². The minimum atomic E-state index is -0.990. The summed E-state index contributed by atoms with van der Waals surface area (Å²) in [6, 6.07) is 0. The first kappa shape index (κ1) is 11.2. The summed E-state index contributed by atoms with van der Waals surface area (Å²) in [7, 11) is 0. The van der Waals surface area contributed by atoms with Crippen LogP contribution >= 0.6 is 0 Å². The lowest BCUT2D eigenvalue weighted by Gasteiger charge is -2.11. The van der Waals surface area contributed by atoms with Crippen LogP contribution in [0.2, 0.25) is 0 Å². The highest BCUT2D eigenvalue weighted by molar-refractivity contribution is 5.86. The lowest BCUT2D eigenvalue weighted by atomic mass is 10.0. The van der Waals surface area contributed by atoms with Crippen molar-refractivity contribution < 1.29 is 9.90 Å². The Bertz CT molecular complexity index is 612. The fourth-order valence-corrected chi connectivity index (χ4v) is 2.74. The standard InChI is InChI=1S/C13H15N3O2/c1-8-14-6-10(9-4-2-3-5-9)12-15-11(13(17)18)7-16(8)12/h6-7,9H,2-5H2,1H3,(H,17,18). The molecule has 0 bridgehead atoms. The maximum atomic E-state index is 11.0. The van der Waals surface area contributed by atoms with Gasteiger partial charge in [-0.05, 0) is 25.7 Å². The van der Waals surface area contributed by atoms with Crippen molar-refractivity contribution in [1.82, 2.24) is 14.4 Å². The van der Waals surface area contributed by atoms with Gasteiger partial charge in [0.25, 0.3) is 0 Å². The van der Waals surface area contributed by atoms with E-state index in [1.165, 1.54) is 12.8 Å². The zero-order valence-corrected chi connectivity index (χ0v) is 10.3. The van der Waals surface area contributed by atoms with Gasteiger partial charge >= 0.3 is 5.97 Å². The smallest absolute Gasteiger partial charge is 0.356 e. The molecular formula is C13H15N3O2. The Balaban J connectivity index is 2.19. The molecule has 0 amide bonds. The molecule has 2 aromatic heterocycles. The fourth-order valence-electron chi connectivity index (χ4n) is 2.74. The van der Waals surface area contributed by atoms with Crippen molar-refractivity contribution in [3.8, 4) is 0 Å². The van der Waals surface area contributed by atoms with Crippen LogP contribution in [0.3, 0.4) is 0 Å². The van der Waals surface area contributed by atoms with Crippen molar-refractivity contribution in [3.63, 3.8) is 0 Å². The van der Waals surface area contributed by atoms with E-state index < -0.39 is 5.97 Å². The van der Waals surface area contributed by atoms with Gasteiger partial charge in [0.15, 0.2) is 5.69 Å². The monoisotopic (exact) mass is 245 g/mol. The van der Waals surface area contributed by atoms with Gasteiger partial charge in [-0.15, -0.1) is 0 Å². The lowest BCUT2D eigenvalue weighted by molar-refractivity contribution is 0.0691. The molecule has 0 aromatic carbocycles. The number of carbonyl (C=O) groups is 1. The maximum absolute atomic E-state index is 11.0. The van der Waals surface area contributed by atoms with Gasteiger partial charge in [0.2, 0.25) is 0 Å². The summed E-state index contributed by atoms with van der Waals surface area (Å²) >= 11 is 0. The number of aromatic nitrogens is 3. The SMILES string of the molecule is Cc1ncc(C2CCCC2)c2nc(C(=O)O)cn12. The van der Waals surface area contributed by atoms with Gasteiger partial charge in [-0.2, -0.15) is 0 Å². The third-order valence-corrected chi connectivity index (χ3v) is 3.72. The molecule has 0 aliphatic heterocycles. The molecule has 94 valence electrons. The summed E-state index contributed by atoms with van der Waals surface area (Å²) in [6.45, 7) is 1.86. The molecule has 1 saturated carbocycles. The number of hydrogen-bond donors (Lipinski definition) is 1. The van der Waals surface area contributed by atoms with Crippen molar-refractivity contribution in [2.75, 3.05) is 0 Å². The van der Waals surface area contributed by atoms with Crippen LogP contribution in [0.1, 0.15) is 53.5 Å². The molecule has 1 aliphatic carbocycles. The van der Waals surface area contributed by atoms with Crippen LogP contribution in [-0.2, 0) is 0 Å². The molecule has 5 heteroatoms. The van der Waals surface area contributed by atoms with E-state index in [1.54, 1.807) is 10.6 Å². The van der Waals surface area contributed by atoms with E-state index in [0.29, 0.717) is 5.92 Å². The van der Waals surface area contributed by atoms with E-state index in [9.17, 15) is 4.79 Å². The van der Waals surface area contributed by atoms with Gasteiger partial charge < -0.3 is 5.11 Å². The highest BCUT2D eigenvalue weighted by Gasteiger charge is 2.22. The Morgan fingerprint density at radius 1 is 1.44 bits per heavy atom. The number of carboxylic acids is 1. The average molecular weight is 245 g/mol. The van der Waals surface area contributed by atoms with Gasteiger partial charge in [0.1, 0.15) is 11.5 Å². The summed E-state index contributed by atoms with van der Waals surface area (Å²) < 4.78 is 1.79. The number of carboxylic acid groups (broad SMARTS) is 1.